The van der Waals surface area contributed by atoms with Crippen molar-refractivity contribution in [2.24, 2.45) is 5.92 Å². The second-order valence-corrected chi connectivity index (χ2v) is 8.13. The van der Waals surface area contributed by atoms with Crippen molar-refractivity contribution in [1.29, 1.82) is 0 Å². The monoisotopic (exact) mass is 282 g/mol. The molecule has 18 heavy (non-hydrogen) atoms. The smallest absolute Gasteiger partial charge is 0.233 e. The molecular weight excluding hydrogens is 255 g/mol. The number of ether oxygens (including phenoxy) is 2. The highest BCUT2D eigenvalue weighted by atomic mass is 31.2. The Hall–Kier alpha value is 0.0700. The van der Waals surface area contributed by atoms with E-state index in [4.69, 9.17) is 15.4 Å². The fourth-order valence-electron chi connectivity index (χ4n) is 2.05. The van der Waals surface area contributed by atoms with Gasteiger partial charge >= 0.3 is 0 Å². The Morgan fingerprint density at radius 1 is 1.61 bits per heavy atom. The molecule has 6 heteroatoms. The van der Waals surface area contributed by atoms with Crippen LogP contribution in [0.15, 0.2) is 0 Å². The molecule has 1 heterocycles. The van der Waals surface area contributed by atoms with Crippen molar-refractivity contribution in [2.75, 3.05) is 33.1 Å². The minimum Gasteiger partial charge on any atom is -0.382 e. The lowest BCUT2D eigenvalue weighted by Crippen LogP contribution is -2.30. The van der Waals surface area contributed by atoms with Crippen LogP contribution < -0.4 is 0 Å². The van der Waals surface area contributed by atoms with Crippen LogP contribution in [0.1, 0.15) is 28.6 Å². The van der Waals surface area contributed by atoms with Crippen LogP contribution in [0.5, 0.6) is 0 Å². The maximum atomic E-state index is 12.8. The first-order chi connectivity index (χ1) is 8.73. The molecule has 0 spiro atoms. The van der Waals surface area contributed by atoms with E-state index in [1.165, 1.54) is 13.8 Å². The van der Waals surface area contributed by atoms with Crippen molar-refractivity contribution >= 4 is 7.37 Å². The Labute approximate surface area is 111 Å². The summed E-state index contributed by atoms with van der Waals surface area (Å²) in [6, 6.07) is 0. The zero-order chi connectivity index (χ0) is 14.7. The van der Waals surface area contributed by atoms with E-state index in [1.807, 2.05) is 0 Å². The van der Waals surface area contributed by atoms with E-state index in [-0.39, 0.29) is 24.8 Å². The van der Waals surface area contributed by atoms with E-state index in [9.17, 15) is 9.67 Å². The Balaban J connectivity index is 2.81. The quantitative estimate of drug-likeness (QED) is 0.724. The van der Waals surface area contributed by atoms with Gasteiger partial charge in [0.25, 0.3) is 0 Å². The van der Waals surface area contributed by atoms with Gasteiger partial charge < -0.3 is 19.1 Å². The van der Waals surface area contributed by atoms with E-state index in [1.54, 1.807) is 14.0 Å². The number of aliphatic hydroxyl groups is 1. The summed E-state index contributed by atoms with van der Waals surface area (Å²) in [5.41, 5.74) is 0. The van der Waals surface area contributed by atoms with Gasteiger partial charge in [-0.1, -0.05) is 0 Å². The highest BCUT2D eigenvalue weighted by Gasteiger charge is 2.44. The molecule has 1 fully saturated rings. The highest BCUT2D eigenvalue weighted by Crippen LogP contribution is 2.59. The molecule has 5 nitrogen and oxygen atoms in total. The van der Waals surface area contributed by atoms with Gasteiger partial charge in [0.1, 0.15) is 5.34 Å². The molecule has 0 bridgehead atoms. The van der Waals surface area contributed by atoms with Crippen molar-refractivity contribution in [2.45, 2.75) is 38.6 Å². The van der Waals surface area contributed by atoms with Gasteiger partial charge in [0, 0.05) is 19.9 Å². The summed E-state index contributed by atoms with van der Waals surface area (Å²) >= 11 is 0. The van der Waals surface area contributed by atoms with E-state index in [0.717, 1.165) is 0 Å². The molecule has 2 unspecified atom stereocenters. The molecule has 1 saturated heterocycles. The van der Waals surface area contributed by atoms with E-state index in [2.05, 4.69) is 0 Å². The molecule has 108 valence electrons. The third-order valence-corrected chi connectivity index (χ3v) is 6.47. The molecule has 1 N–H and O–H groups in total. The van der Waals surface area contributed by atoms with E-state index in [0.29, 0.717) is 13.0 Å². The van der Waals surface area contributed by atoms with Gasteiger partial charge in [0.15, 0.2) is 0 Å². The Bertz CT molecular complexity index is 331. The summed E-state index contributed by atoms with van der Waals surface area (Å²) < 4.78 is 36.3. The Morgan fingerprint density at radius 2 is 2.28 bits per heavy atom. The molecule has 0 aromatic carbocycles. The summed E-state index contributed by atoms with van der Waals surface area (Å²) in [4.78, 5) is 0. The van der Waals surface area contributed by atoms with Crippen LogP contribution >= 0.6 is 7.37 Å². The average molecular weight is 282 g/mol. The molecule has 0 saturated carbocycles. The van der Waals surface area contributed by atoms with Gasteiger partial charge in [0.05, 0.1) is 20.7 Å². The molecule has 0 aromatic heterocycles. The number of hydrogen-bond donors (Lipinski definition) is 1. The topological polar surface area (TPSA) is 65.0 Å². The number of methoxy groups -OCH3 is 1. The molecule has 1 aliphatic rings. The zero-order valence-electron chi connectivity index (χ0n) is 12.6. The summed E-state index contributed by atoms with van der Waals surface area (Å²) in [6.07, 6.45) is 0.443. The van der Waals surface area contributed by atoms with E-state index < -0.39 is 19.3 Å². The van der Waals surface area contributed by atoms with Crippen LogP contribution in [0.25, 0.3) is 0 Å². The minimum atomic E-state index is -3.20. The summed E-state index contributed by atoms with van der Waals surface area (Å²) in [5.74, 6) is -0.0914. The normalized spacial score (nSPS) is 33.2. The molecule has 4 atom stereocenters. The SMILES string of the molecule is [3H]C1C[C@H](CP(=O)(OCC)C(C)(C)O)[C@@H](COC)O1. The summed E-state index contributed by atoms with van der Waals surface area (Å²) in [7, 11) is -1.64. The average Bonchev–Trinajstić information content (AvgIpc) is 2.58. The predicted molar refractivity (Wildman–Crippen MR) is 70.1 cm³/mol. The fourth-order valence-corrected chi connectivity index (χ4v) is 4.34. The largest absolute Gasteiger partial charge is 0.382 e. The highest BCUT2D eigenvalue weighted by molar-refractivity contribution is 7.60. The fraction of sp³-hybridized carbons (Fsp3) is 1.00. The van der Waals surface area contributed by atoms with Crippen LogP contribution in [-0.4, -0.2) is 49.6 Å². The molecule has 0 radical (unpaired) electrons. The maximum absolute atomic E-state index is 12.8. The van der Waals surface area contributed by atoms with Crippen LogP contribution in [0, 0.1) is 5.92 Å². The lowest BCUT2D eigenvalue weighted by molar-refractivity contribution is 0.0229. The van der Waals surface area contributed by atoms with Gasteiger partial charge in [-0.25, -0.2) is 0 Å². The lowest BCUT2D eigenvalue weighted by Gasteiger charge is -2.32. The second-order valence-electron chi connectivity index (χ2n) is 5.06. The van der Waals surface area contributed by atoms with Crippen LogP contribution in [-0.2, 0) is 18.6 Å². The van der Waals surface area contributed by atoms with Gasteiger partial charge in [-0.2, -0.15) is 0 Å². The van der Waals surface area contributed by atoms with Gasteiger partial charge in [-0.05, 0) is 33.1 Å². The minimum absolute atomic E-state index is 0.0914. The van der Waals surface area contributed by atoms with Crippen molar-refractivity contribution in [3.8, 4) is 0 Å². The molecule has 0 aliphatic carbocycles. The Morgan fingerprint density at radius 3 is 2.78 bits per heavy atom. The van der Waals surface area contributed by atoms with Crippen LogP contribution in [0.3, 0.4) is 0 Å². The van der Waals surface area contributed by atoms with Crippen LogP contribution in [0.4, 0.5) is 0 Å². The summed E-state index contributed by atoms with van der Waals surface area (Å²) in [6.45, 7) is 4.78. The van der Waals surface area contributed by atoms with Gasteiger partial charge in [-0.3, -0.25) is 4.57 Å². The van der Waals surface area contributed by atoms with Crippen molar-refractivity contribution < 1.29 is 25.0 Å². The second kappa shape index (κ2) is 6.49. The molecule has 1 aliphatic heterocycles. The van der Waals surface area contributed by atoms with E-state index >= 15 is 0 Å². The maximum Gasteiger partial charge on any atom is 0.233 e. The number of hydrogen-bond acceptors (Lipinski definition) is 5. The third kappa shape index (κ3) is 3.78. The first kappa shape index (κ1) is 14.5. The third-order valence-electron chi connectivity index (χ3n) is 3.17. The number of rotatable bonds is 7. The van der Waals surface area contributed by atoms with Crippen molar-refractivity contribution in [3.05, 3.63) is 0 Å². The molecule has 1 rings (SSSR count). The van der Waals surface area contributed by atoms with Gasteiger partial charge in [-0.15, -0.1) is 0 Å². The first-order valence-corrected chi connectivity index (χ1v) is 8.07. The zero-order valence-corrected chi connectivity index (χ0v) is 12.5. The standard InChI is InChI=1S/C12H25O5P/c1-5-17-18(14,12(2,3)13)9-10-6-7-16-11(10)8-15-4/h10-11,13H,5-9H2,1-4H3/t10-,11-,18?/m1/s1/i7T/t7?,10-,11-,18?. The van der Waals surface area contributed by atoms with Crippen molar-refractivity contribution in [3.63, 3.8) is 0 Å². The van der Waals surface area contributed by atoms with Gasteiger partial charge in [0.2, 0.25) is 7.37 Å². The lowest BCUT2D eigenvalue weighted by atomic mass is 10.1. The summed E-state index contributed by atoms with van der Waals surface area (Å²) in [5, 5.41) is 8.71. The molecular formula is C12H25O5P. The predicted octanol–water partition coefficient (Wildman–Crippen LogP) is 2.08. The van der Waals surface area contributed by atoms with Crippen LogP contribution in [0.2, 0.25) is 0 Å². The Kier molecular flexibility index (Phi) is 5.22. The molecule has 0 amide bonds. The first-order valence-electron chi connectivity index (χ1n) is 6.84. The molecule has 0 aromatic rings. The van der Waals surface area contributed by atoms with Crippen molar-refractivity contribution in [1.82, 2.24) is 0 Å².